The molecule has 112 valence electrons. The van der Waals surface area contributed by atoms with Gasteiger partial charge in [0.15, 0.2) is 0 Å². The van der Waals surface area contributed by atoms with Crippen LogP contribution in [0.25, 0.3) is 0 Å². The predicted molar refractivity (Wildman–Crippen MR) is 78.7 cm³/mol. The quantitative estimate of drug-likeness (QED) is 0.904. The number of aromatic hydroxyl groups is 1. The van der Waals surface area contributed by atoms with Gasteiger partial charge in [-0.2, -0.15) is 0 Å². The molecular formula is C17H14NO4-. The fourth-order valence-corrected chi connectivity index (χ4v) is 2.96. The summed E-state index contributed by atoms with van der Waals surface area (Å²) in [6, 6.07) is 11.6. The molecule has 2 aromatic rings. The highest BCUT2D eigenvalue weighted by atomic mass is 16.4. The SMILES string of the molecule is CN1C(=O)c2ccccc2C(CC(=O)[O-])c2ccc(O)cc21. The molecule has 5 nitrogen and oxygen atoms in total. The molecule has 1 aliphatic heterocycles. The second kappa shape index (κ2) is 5.18. The Hall–Kier alpha value is -2.82. The highest BCUT2D eigenvalue weighted by Gasteiger charge is 2.30. The van der Waals surface area contributed by atoms with E-state index in [1.54, 1.807) is 37.4 Å². The van der Waals surface area contributed by atoms with E-state index in [4.69, 9.17) is 0 Å². The Morgan fingerprint density at radius 1 is 1.23 bits per heavy atom. The second-order valence-corrected chi connectivity index (χ2v) is 5.32. The lowest BCUT2D eigenvalue weighted by atomic mass is 9.86. The summed E-state index contributed by atoms with van der Waals surface area (Å²) in [4.78, 5) is 25.2. The molecule has 0 radical (unpaired) electrons. The zero-order valence-corrected chi connectivity index (χ0v) is 11.9. The number of hydrogen-bond donors (Lipinski definition) is 1. The number of carboxylic acid groups (broad SMARTS) is 1. The minimum Gasteiger partial charge on any atom is -0.550 e. The lowest BCUT2D eigenvalue weighted by molar-refractivity contribution is -0.305. The average molecular weight is 296 g/mol. The van der Waals surface area contributed by atoms with Crippen LogP contribution in [0.3, 0.4) is 0 Å². The Balaban J connectivity index is 2.29. The first-order chi connectivity index (χ1) is 10.5. The molecule has 1 amide bonds. The first-order valence-corrected chi connectivity index (χ1v) is 6.88. The number of aliphatic carboxylic acids is 1. The normalized spacial score (nSPS) is 16.7. The molecular weight excluding hydrogens is 282 g/mol. The van der Waals surface area contributed by atoms with Gasteiger partial charge in [0.05, 0.1) is 5.69 Å². The standard InChI is InChI=1S/C17H15NO4/c1-18-15-8-10(19)6-7-12(15)14(9-16(20)21)11-4-2-3-5-13(11)17(18)22/h2-8,14,19H,9H2,1H3,(H,20,21)/p-1. The van der Waals surface area contributed by atoms with Crippen molar-refractivity contribution in [2.24, 2.45) is 0 Å². The van der Waals surface area contributed by atoms with E-state index in [1.807, 2.05) is 0 Å². The van der Waals surface area contributed by atoms with Crippen molar-refractivity contribution in [3.8, 4) is 5.75 Å². The fraction of sp³-hybridized carbons (Fsp3) is 0.176. The molecule has 1 atom stereocenters. The van der Waals surface area contributed by atoms with Gasteiger partial charge in [-0.3, -0.25) is 4.79 Å². The number of phenols is 1. The average Bonchev–Trinajstić information content (AvgIpc) is 2.58. The summed E-state index contributed by atoms with van der Waals surface area (Å²) in [7, 11) is 1.61. The largest absolute Gasteiger partial charge is 0.550 e. The molecule has 0 fully saturated rings. The summed E-state index contributed by atoms with van der Waals surface area (Å²) in [6.07, 6.45) is -0.226. The molecule has 1 N–H and O–H groups in total. The Labute approximate surface area is 127 Å². The third-order valence-electron chi connectivity index (χ3n) is 3.99. The molecule has 22 heavy (non-hydrogen) atoms. The Kier molecular flexibility index (Phi) is 3.33. The van der Waals surface area contributed by atoms with Crippen LogP contribution in [-0.2, 0) is 4.79 Å². The zero-order valence-electron chi connectivity index (χ0n) is 11.9. The van der Waals surface area contributed by atoms with E-state index in [-0.39, 0.29) is 18.1 Å². The van der Waals surface area contributed by atoms with Crippen LogP contribution in [0.2, 0.25) is 0 Å². The van der Waals surface area contributed by atoms with E-state index in [9.17, 15) is 19.8 Å². The van der Waals surface area contributed by atoms with Crippen LogP contribution in [0.1, 0.15) is 33.8 Å². The number of phenolic OH excluding ortho intramolecular Hbond substituents is 1. The van der Waals surface area contributed by atoms with Crippen molar-refractivity contribution >= 4 is 17.6 Å². The Morgan fingerprint density at radius 3 is 2.68 bits per heavy atom. The number of nitrogens with zero attached hydrogens (tertiary/aromatic N) is 1. The summed E-state index contributed by atoms with van der Waals surface area (Å²) < 4.78 is 0. The molecule has 5 heteroatoms. The molecule has 0 aliphatic carbocycles. The van der Waals surface area contributed by atoms with Crippen molar-refractivity contribution in [3.63, 3.8) is 0 Å². The molecule has 1 heterocycles. The van der Waals surface area contributed by atoms with E-state index < -0.39 is 11.9 Å². The first-order valence-electron chi connectivity index (χ1n) is 6.88. The van der Waals surface area contributed by atoms with Gasteiger partial charge in [-0.15, -0.1) is 0 Å². The van der Waals surface area contributed by atoms with Crippen LogP contribution in [0.4, 0.5) is 5.69 Å². The van der Waals surface area contributed by atoms with Gasteiger partial charge < -0.3 is 19.9 Å². The third kappa shape index (κ3) is 2.20. The van der Waals surface area contributed by atoms with Crippen molar-refractivity contribution in [3.05, 3.63) is 59.2 Å². The van der Waals surface area contributed by atoms with Gasteiger partial charge in [-0.05, 0) is 29.7 Å². The number of carbonyl (C=O) groups is 2. The van der Waals surface area contributed by atoms with Crippen molar-refractivity contribution < 1.29 is 19.8 Å². The maximum atomic E-state index is 12.6. The number of fused-ring (bicyclic) bond motifs is 2. The summed E-state index contributed by atoms with van der Waals surface area (Å²) in [5, 5.41) is 20.9. The minimum atomic E-state index is -1.18. The monoisotopic (exact) mass is 296 g/mol. The van der Waals surface area contributed by atoms with Crippen molar-refractivity contribution in [2.75, 3.05) is 11.9 Å². The molecule has 1 aliphatic rings. The van der Waals surface area contributed by atoms with Gasteiger partial charge in [0.2, 0.25) is 0 Å². The molecule has 0 spiro atoms. The van der Waals surface area contributed by atoms with Crippen molar-refractivity contribution in [2.45, 2.75) is 12.3 Å². The Bertz CT molecular complexity index is 769. The van der Waals surface area contributed by atoms with Crippen LogP contribution in [-0.4, -0.2) is 24.0 Å². The smallest absolute Gasteiger partial charge is 0.258 e. The molecule has 0 bridgehead atoms. The number of hydrogen-bond acceptors (Lipinski definition) is 4. The summed E-state index contributed by atoms with van der Waals surface area (Å²) in [5.41, 5.74) is 2.31. The number of rotatable bonds is 2. The lowest BCUT2D eigenvalue weighted by Gasteiger charge is -2.21. The van der Waals surface area contributed by atoms with E-state index in [0.29, 0.717) is 22.4 Å². The van der Waals surface area contributed by atoms with E-state index in [0.717, 1.165) is 0 Å². The third-order valence-corrected chi connectivity index (χ3v) is 3.99. The van der Waals surface area contributed by atoms with Crippen LogP contribution in [0.5, 0.6) is 5.75 Å². The van der Waals surface area contributed by atoms with Crippen molar-refractivity contribution in [1.29, 1.82) is 0 Å². The van der Waals surface area contributed by atoms with E-state index >= 15 is 0 Å². The maximum absolute atomic E-state index is 12.6. The number of anilines is 1. The lowest BCUT2D eigenvalue weighted by Crippen LogP contribution is -2.26. The number of carboxylic acids is 1. The van der Waals surface area contributed by atoms with Gasteiger partial charge in [0, 0.05) is 30.6 Å². The summed E-state index contributed by atoms with van der Waals surface area (Å²) in [6.45, 7) is 0. The van der Waals surface area contributed by atoms with Crippen LogP contribution < -0.4 is 10.0 Å². The van der Waals surface area contributed by atoms with Crippen LogP contribution in [0.15, 0.2) is 42.5 Å². The number of amides is 1. The highest BCUT2D eigenvalue weighted by molar-refractivity contribution is 6.08. The summed E-state index contributed by atoms with van der Waals surface area (Å²) in [5.74, 6) is -1.89. The van der Waals surface area contributed by atoms with Crippen molar-refractivity contribution in [1.82, 2.24) is 0 Å². The fourth-order valence-electron chi connectivity index (χ4n) is 2.96. The van der Waals surface area contributed by atoms with E-state index in [1.165, 1.54) is 17.0 Å². The second-order valence-electron chi connectivity index (χ2n) is 5.32. The minimum absolute atomic E-state index is 0.0246. The van der Waals surface area contributed by atoms with Gasteiger partial charge in [-0.25, -0.2) is 0 Å². The van der Waals surface area contributed by atoms with Gasteiger partial charge in [0.1, 0.15) is 5.75 Å². The highest BCUT2D eigenvalue weighted by Crippen LogP contribution is 2.41. The van der Waals surface area contributed by atoms with Crippen LogP contribution >= 0.6 is 0 Å². The maximum Gasteiger partial charge on any atom is 0.258 e. The van der Waals surface area contributed by atoms with Gasteiger partial charge in [0.25, 0.3) is 5.91 Å². The molecule has 0 aromatic heterocycles. The topological polar surface area (TPSA) is 80.7 Å². The van der Waals surface area contributed by atoms with E-state index in [2.05, 4.69) is 0 Å². The Morgan fingerprint density at radius 2 is 1.95 bits per heavy atom. The summed E-state index contributed by atoms with van der Waals surface area (Å²) >= 11 is 0. The predicted octanol–water partition coefficient (Wildman–Crippen LogP) is 1.25. The number of carbonyl (C=O) groups excluding carboxylic acids is 2. The molecule has 0 saturated heterocycles. The molecule has 3 rings (SSSR count). The molecule has 0 saturated carbocycles. The van der Waals surface area contributed by atoms with Gasteiger partial charge >= 0.3 is 0 Å². The molecule has 1 unspecified atom stereocenters. The molecule has 2 aromatic carbocycles. The van der Waals surface area contributed by atoms with Crippen LogP contribution in [0, 0.1) is 0 Å². The van der Waals surface area contributed by atoms with Gasteiger partial charge in [-0.1, -0.05) is 24.3 Å². The first kappa shape index (κ1) is 14.1. The zero-order chi connectivity index (χ0) is 15.9. The number of benzene rings is 2.